The molecule has 2 atom stereocenters. The molecule has 0 aliphatic rings. The number of nitro groups is 1. The Morgan fingerprint density at radius 1 is 1.33 bits per heavy atom. The van der Waals surface area contributed by atoms with Crippen molar-refractivity contribution in [2.24, 2.45) is 0 Å². The fraction of sp³-hybridized carbons (Fsp3) is 0.800. The number of nitrogens with one attached hydrogen (secondary N) is 1. The van der Waals surface area contributed by atoms with Gasteiger partial charge in [0.05, 0.1) is 4.92 Å². The molecule has 6 heteroatoms. The van der Waals surface area contributed by atoms with Crippen molar-refractivity contribution in [3.05, 3.63) is 21.5 Å². The average Bonchev–Trinajstić information content (AvgIpc) is 2.74. The summed E-state index contributed by atoms with van der Waals surface area (Å²) in [6, 6.07) is 0.195. The lowest BCUT2D eigenvalue weighted by molar-refractivity contribution is -0.386. The minimum atomic E-state index is -0.279. The number of nitrogens with zero attached hydrogens (tertiary/aromatic N) is 3. The minimum Gasteiger partial charge on any atom is -0.314 e. The summed E-state index contributed by atoms with van der Waals surface area (Å²) in [5.74, 6) is 0.102. The largest absolute Gasteiger partial charge is 0.314 e. The summed E-state index contributed by atoms with van der Waals surface area (Å²) in [5, 5.41) is 19.3. The zero-order chi connectivity index (χ0) is 16.0. The smallest absolute Gasteiger partial charge is 0.313 e. The molecular weight excluding hydrogens is 268 g/mol. The predicted molar refractivity (Wildman–Crippen MR) is 84.7 cm³/mol. The average molecular weight is 296 g/mol. The summed E-state index contributed by atoms with van der Waals surface area (Å²) >= 11 is 0. The molecule has 1 aromatic heterocycles. The molecule has 1 N–H and O–H groups in total. The lowest BCUT2D eigenvalue weighted by Gasteiger charge is -2.24. The summed E-state index contributed by atoms with van der Waals surface area (Å²) in [6.45, 7) is 11.7. The van der Waals surface area contributed by atoms with Gasteiger partial charge in [-0.2, -0.15) is 5.10 Å². The summed E-state index contributed by atoms with van der Waals surface area (Å²) in [7, 11) is 0. The van der Waals surface area contributed by atoms with Gasteiger partial charge in [0.1, 0.15) is 11.4 Å². The Morgan fingerprint density at radius 3 is 2.48 bits per heavy atom. The van der Waals surface area contributed by atoms with E-state index in [1.165, 1.54) is 0 Å². The molecule has 0 fully saturated rings. The van der Waals surface area contributed by atoms with Gasteiger partial charge in [-0.15, -0.1) is 0 Å². The Balaban J connectivity index is 3.24. The van der Waals surface area contributed by atoms with Crippen molar-refractivity contribution in [3.8, 4) is 0 Å². The van der Waals surface area contributed by atoms with E-state index >= 15 is 0 Å². The van der Waals surface area contributed by atoms with E-state index in [4.69, 9.17) is 0 Å². The monoisotopic (exact) mass is 296 g/mol. The highest BCUT2D eigenvalue weighted by Gasteiger charge is 2.32. The summed E-state index contributed by atoms with van der Waals surface area (Å²) in [5.41, 5.74) is 1.49. The summed E-state index contributed by atoms with van der Waals surface area (Å²) < 4.78 is 1.84. The van der Waals surface area contributed by atoms with Gasteiger partial charge in [-0.25, -0.2) is 0 Å². The van der Waals surface area contributed by atoms with Crippen molar-refractivity contribution in [3.63, 3.8) is 0 Å². The van der Waals surface area contributed by atoms with Crippen molar-refractivity contribution in [1.29, 1.82) is 0 Å². The second kappa shape index (κ2) is 8.12. The van der Waals surface area contributed by atoms with Crippen LogP contribution in [0.15, 0.2) is 0 Å². The first-order chi connectivity index (χ1) is 9.97. The molecule has 0 bridgehead atoms. The van der Waals surface area contributed by atoms with Gasteiger partial charge in [0.15, 0.2) is 0 Å². The molecule has 0 spiro atoms. The molecular formula is C15H28N4O2. The van der Waals surface area contributed by atoms with Crippen molar-refractivity contribution in [2.45, 2.75) is 72.4 Å². The first kappa shape index (κ1) is 17.6. The Labute approximate surface area is 127 Å². The number of aromatic nitrogens is 2. The van der Waals surface area contributed by atoms with E-state index in [-0.39, 0.29) is 22.6 Å². The Kier molecular flexibility index (Phi) is 6.81. The van der Waals surface area contributed by atoms with E-state index in [1.54, 1.807) is 6.92 Å². The van der Waals surface area contributed by atoms with Crippen LogP contribution in [-0.4, -0.2) is 27.3 Å². The standard InChI is InChI=1S/C15H28N4O2/c1-6-9-16-11(4)13(8-3)15-14(19(20)21)12(5)17-18(15)10-7-2/h11,13,16H,6-10H2,1-5H3. The Bertz CT molecular complexity index is 470. The van der Waals surface area contributed by atoms with Crippen LogP contribution in [0.25, 0.3) is 0 Å². The molecule has 6 nitrogen and oxygen atoms in total. The predicted octanol–water partition coefficient (Wildman–Crippen LogP) is 3.39. The molecule has 0 saturated carbocycles. The van der Waals surface area contributed by atoms with Gasteiger partial charge in [0.25, 0.3) is 0 Å². The second-order valence-electron chi connectivity index (χ2n) is 5.56. The molecule has 0 amide bonds. The van der Waals surface area contributed by atoms with E-state index in [0.717, 1.165) is 38.0 Å². The molecule has 21 heavy (non-hydrogen) atoms. The molecule has 0 aliphatic carbocycles. The molecule has 2 unspecified atom stereocenters. The van der Waals surface area contributed by atoms with Gasteiger partial charge in [0, 0.05) is 18.5 Å². The van der Waals surface area contributed by atoms with E-state index in [0.29, 0.717) is 5.69 Å². The topological polar surface area (TPSA) is 73.0 Å². The van der Waals surface area contributed by atoms with Crippen LogP contribution in [-0.2, 0) is 6.54 Å². The van der Waals surface area contributed by atoms with Crippen LogP contribution in [0.1, 0.15) is 64.3 Å². The Morgan fingerprint density at radius 2 is 2.00 bits per heavy atom. The molecule has 0 saturated heterocycles. The van der Waals surface area contributed by atoms with E-state index in [2.05, 4.69) is 38.1 Å². The van der Waals surface area contributed by atoms with Crippen LogP contribution in [0.5, 0.6) is 0 Å². The summed E-state index contributed by atoms with van der Waals surface area (Å²) in [6.07, 6.45) is 2.82. The first-order valence-electron chi connectivity index (χ1n) is 7.92. The maximum Gasteiger partial charge on any atom is 0.313 e. The molecule has 1 aromatic rings. The maximum absolute atomic E-state index is 11.4. The molecule has 0 radical (unpaired) electrons. The normalized spacial score (nSPS) is 14.1. The van der Waals surface area contributed by atoms with Crippen LogP contribution < -0.4 is 5.32 Å². The molecule has 1 rings (SSSR count). The van der Waals surface area contributed by atoms with Gasteiger partial charge < -0.3 is 5.32 Å². The fourth-order valence-electron chi connectivity index (χ4n) is 2.86. The highest BCUT2D eigenvalue weighted by molar-refractivity contribution is 5.43. The minimum absolute atomic E-state index is 0.102. The van der Waals surface area contributed by atoms with Crippen molar-refractivity contribution in [2.75, 3.05) is 6.54 Å². The SMILES string of the molecule is CCCNC(C)C(CC)c1c([N+](=O)[O-])c(C)nn1CCC. The number of rotatable bonds is 9. The Hall–Kier alpha value is -1.43. The van der Waals surface area contributed by atoms with Crippen LogP contribution in [0, 0.1) is 17.0 Å². The lowest BCUT2D eigenvalue weighted by Crippen LogP contribution is -2.34. The van der Waals surface area contributed by atoms with Crippen molar-refractivity contribution < 1.29 is 4.92 Å². The van der Waals surface area contributed by atoms with Crippen LogP contribution in [0.4, 0.5) is 5.69 Å². The zero-order valence-corrected chi connectivity index (χ0v) is 13.8. The van der Waals surface area contributed by atoms with E-state index in [9.17, 15) is 10.1 Å². The van der Waals surface area contributed by atoms with Gasteiger partial charge >= 0.3 is 5.69 Å². The first-order valence-corrected chi connectivity index (χ1v) is 7.92. The quantitative estimate of drug-likeness (QED) is 0.560. The number of hydrogen-bond donors (Lipinski definition) is 1. The lowest BCUT2D eigenvalue weighted by atomic mass is 9.92. The van der Waals surface area contributed by atoms with Crippen LogP contribution in [0.3, 0.4) is 0 Å². The highest BCUT2D eigenvalue weighted by atomic mass is 16.6. The summed E-state index contributed by atoms with van der Waals surface area (Å²) in [4.78, 5) is 11.2. The van der Waals surface area contributed by atoms with Gasteiger partial charge in [-0.3, -0.25) is 14.8 Å². The third-order valence-corrected chi connectivity index (χ3v) is 3.86. The van der Waals surface area contributed by atoms with Gasteiger partial charge in [0.2, 0.25) is 0 Å². The third kappa shape index (κ3) is 4.03. The number of aryl methyl sites for hydroxylation is 2. The van der Waals surface area contributed by atoms with E-state index < -0.39 is 0 Å². The fourth-order valence-corrected chi connectivity index (χ4v) is 2.86. The second-order valence-corrected chi connectivity index (χ2v) is 5.56. The maximum atomic E-state index is 11.4. The molecule has 0 aromatic carbocycles. The van der Waals surface area contributed by atoms with Crippen molar-refractivity contribution >= 4 is 5.69 Å². The zero-order valence-electron chi connectivity index (χ0n) is 13.8. The molecule has 0 aliphatic heterocycles. The van der Waals surface area contributed by atoms with Crippen LogP contribution >= 0.6 is 0 Å². The third-order valence-electron chi connectivity index (χ3n) is 3.86. The van der Waals surface area contributed by atoms with Gasteiger partial charge in [-0.05, 0) is 39.7 Å². The molecule has 120 valence electrons. The van der Waals surface area contributed by atoms with Crippen LogP contribution in [0.2, 0.25) is 0 Å². The number of hydrogen-bond acceptors (Lipinski definition) is 4. The van der Waals surface area contributed by atoms with E-state index in [1.807, 2.05) is 4.68 Å². The highest BCUT2D eigenvalue weighted by Crippen LogP contribution is 2.34. The van der Waals surface area contributed by atoms with Gasteiger partial charge in [-0.1, -0.05) is 20.8 Å². The van der Waals surface area contributed by atoms with Crippen molar-refractivity contribution in [1.82, 2.24) is 15.1 Å². The molecule has 1 heterocycles.